The van der Waals surface area contributed by atoms with E-state index in [4.69, 9.17) is 5.73 Å². The molecule has 0 atom stereocenters. The third kappa shape index (κ3) is 4.10. The van der Waals surface area contributed by atoms with Crippen molar-refractivity contribution in [3.8, 4) is 0 Å². The third-order valence-electron chi connectivity index (χ3n) is 2.35. The molecule has 19 heavy (non-hydrogen) atoms. The number of para-hydroxylation sites is 1. The zero-order chi connectivity index (χ0) is 14.3. The quantitative estimate of drug-likeness (QED) is 0.886. The Balaban J connectivity index is 0.000000861. The van der Waals surface area contributed by atoms with Crippen LogP contribution < -0.4 is 11.1 Å². The van der Waals surface area contributed by atoms with Gasteiger partial charge in [0.05, 0.1) is 23.1 Å². The number of amides is 1. The molecule has 0 saturated heterocycles. The smallest absolute Gasteiger partial charge is 0.250 e. The standard InChI is InChI=1S/C13H13N3O.C2H6/c1-9-6-10(8-15-7-9)16-12-5-3-2-4-11(12)13(14)17;1-2/h2-8,16H,1H3,(H2,14,17);1-2H3. The Kier molecular flexibility index (Phi) is 5.54. The van der Waals surface area contributed by atoms with Gasteiger partial charge >= 0.3 is 0 Å². The van der Waals surface area contributed by atoms with Gasteiger partial charge in [-0.3, -0.25) is 9.78 Å². The number of anilines is 2. The molecule has 0 bridgehead atoms. The summed E-state index contributed by atoms with van der Waals surface area (Å²) in [5.74, 6) is -0.450. The van der Waals surface area contributed by atoms with E-state index in [9.17, 15) is 4.79 Å². The third-order valence-corrected chi connectivity index (χ3v) is 2.35. The van der Waals surface area contributed by atoms with Crippen LogP contribution >= 0.6 is 0 Å². The molecule has 2 aromatic rings. The highest BCUT2D eigenvalue weighted by Crippen LogP contribution is 2.20. The second kappa shape index (κ2) is 7.16. The van der Waals surface area contributed by atoms with Crippen LogP contribution in [0.2, 0.25) is 0 Å². The molecule has 0 unspecified atom stereocenters. The first-order chi connectivity index (χ1) is 9.16. The van der Waals surface area contributed by atoms with Crippen LogP contribution in [0.1, 0.15) is 29.8 Å². The van der Waals surface area contributed by atoms with Gasteiger partial charge in [-0.05, 0) is 30.7 Å². The molecule has 0 aliphatic rings. The number of nitrogens with one attached hydrogen (secondary N) is 1. The van der Waals surface area contributed by atoms with Crippen LogP contribution in [0.4, 0.5) is 11.4 Å². The maximum atomic E-state index is 11.2. The summed E-state index contributed by atoms with van der Waals surface area (Å²) in [6.45, 7) is 5.96. The molecule has 4 heteroatoms. The Morgan fingerprint density at radius 1 is 1.21 bits per heavy atom. The average Bonchev–Trinajstić information content (AvgIpc) is 2.41. The number of pyridine rings is 1. The molecule has 1 aromatic carbocycles. The van der Waals surface area contributed by atoms with Crippen molar-refractivity contribution in [2.45, 2.75) is 20.8 Å². The molecule has 4 nitrogen and oxygen atoms in total. The summed E-state index contributed by atoms with van der Waals surface area (Å²) in [5.41, 5.74) is 8.34. The zero-order valence-electron chi connectivity index (χ0n) is 11.5. The van der Waals surface area contributed by atoms with Gasteiger partial charge in [-0.25, -0.2) is 0 Å². The minimum atomic E-state index is -0.450. The van der Waals surface area contributed by atoms with Gasteiger partial charge in [0.1, 0.15) is 0 Å². The van der Waals surface area contributed by atoms with Gasteiger partial charge in [0, 0.05) is 6.20 Å². The van der Waals surface area contributed by atoms with E-state index in [-0.39, 0.29) is 0 Å². The first-order valence-electron chi connectivity index (χ1n) is 6.24. The lowest BCUT2D eigenvalue weighted by Crippen LogP contribution is -2.13. The number of rotatable bonds is 3. The van der Waals surface area contributed by atoms with Crippen molar-refractivity contribution in [2.24, 2.45) is 5.73 Å². The highest BCUT2D eigenvalue weighted by molar-refractivity contribution is 5.99. The number of nitrogens with zero attached hydrogens (tertiary/aromatic N) is 1. The molecule has 3 N–H and O–H groups in total. The number of aryl methyl sites for hydroxylation is 1. The van der Waals surface area contributed by atoms with Crippen molar-refractivity contribution in [3.63, 3.8) is 0 Å². The van der Waals surface area contributed by atoms with Gasteiger partial charge in [0.2, 0.25) is 0 Å². The van der Waals surface area contributed by atoms with Crippen molar-refractivity contribution in [3.05, 3.63) is 53.9 Å². The van der Waals surface area contributed by atoms with Crippen LogP contribution in [0, 0.1) is 6.92 Å². The Morgan fingerprint density at radius 3 is 2.53 bits per heavy atom. The Bertz CT molecular complexity index is 553. The van der Waals surface area contributed by atoms with Crippen molar-refractivity contribution >= 4 is 17.3 Å². The highest BCUT2D eigenvalue weighted by Gasteiger charge is 2.06. The summed E-state index contributed by atoms with van der Waals surface area (Å²) in [6.07, 6.45) is 3.47. The number of benzene rings is 1. The predicted octanol–water partition coefficient (Wildman–Crippen LogP) is 3.26. The Morgan fingerprint density at radius 2 is 1.89 bits per heavy atom. The average molecular weight is 257 g/mol. The maximum Gasteiger partial charge on any atom is 0.250 e. The van der Waals surface area contributed by atoms with Crippen LogP contribution in [0.25, 0.3) is 0 Å². The lowest BCUT2D eigenvalue weighted by atomic mass is 10.1. The van der Waals surface area contributed by atoms with E-state index in [0.717, 1.165) is 11.3 Å². The summed E-state index contributed by atoms with van der Waals surface area (Å²) in [4.78, 5) is 15.3. The molecule has 100 valence electrons. The fraction of sp³-hybridized carbons (Fsp3) is 0.200. The summed E-state index contributed by atoms with van der Waals surface area (Å²) < 4.78 is 0. The Hall–Kier alpha value is -2.36. The van der Waals surface area contributed by atoms with Crippen LogP contribution in [0.5, 0.6) is 0 Å². The van der Waals surface area contributed by atoms with Crippen molar-refractivity contribution in [1.29, 1.82) is 0 Å². The topological polar surface area (TPSA) is 68.0 Å². The van der Waals surface area contributed by atoms with Crippen molar-refractivity contribution in [2.75, 3.05) is 5.32 Å². The lowest BCUT2D eigenvalue weighted by Gasteiger charge is -2.09. The lowest BCUT2D eigenvalue weighted by molar-refractivity contribution is 0.100. The fourth-order valence-electron chi connectivity index (χ4n) is 1.59. The number of primary amides is 1. The number of aromatic nitrogens is 1. The maximum absolute atomic E-state index is 11.2. The van der Waals surface area contributed by atoms with Gasteiger partial charge in [-0.15, -0.1) is 0 Å². The van der Waals surface area contributed by atoms with Gasteiger partial charge in [0.25, 0.3) is 5.91 Å². The molecule has 0 spiro atoms. The fourth-order valence-corrected chi connectivity index (χ4v) is 1.59. The number of nitrogens with two attached hydrogens (primary N) is 1. The van der Waals surface area contributed by atoms with E-state index in [2.05, 4.69) is 10.3 Å². The molecule has 1 aromatic heterocycles. The minimum Gasteiger partial charge on any atom is -0.366 e. The summed E-state index contributed by atoms with van der Waals surface area (Å²) >= 11 is 0. The zero-order valence-corrected chi connectivity index (χ0v) is 11.5. The molecule has 1 amide bonds. The minimum absolute atomic E-state index is 0.450. The molecule has 0 saturated carbocycles. The van der Waals surface area contributed by atoms with E-state index in [1.807, 2.05) is 39.0 Å². The van der Waals surface area contributed by atoms with Crippen molar-refractivity contribution < 1.29 is 4.79 Å². The van der Waals surface area contributed by atoms with Crippen LogP contribution in [0.15, 0.2) is 42.7 Å². The van der Waals surface area contributed by atoms with Gasteiger partial charge in [-0.1, -0.05) is 26.0 Å². The number of hydrogen-bond acceptors (Lipinski definition) is 3. The van der Waals surface area contributed by atoms with E-state index in [0.29, 0.717) is 11.3 Å². The normalized spacial score (nSPS) is 9.21. The number of carbonyl (C=O) groups is 1. The predicted molar refractivity (Wildman–Crippen MR) is 78.6 cm³/mol. The molecule has 0 aliphatic carbocycles. The number of hydrogen-bond donors (Lipinski definition) is 2. The van der Waals surface area contributed by atoms with Gasteiger partial charge in [0.15, 0.2) is 0 Å². The van der Waals surface area contributed by atoms with Crippen LogP contribution in [0.3, 0.4) is 0 Å². The van der Waals surface area contributed by atoms with Crippen LogP contribution in [-0.2, 0) is 0 Å². The van der Waals surface area contributed by atoms with Gasteiger partial charge < -0.3 is 11.1 Å². The molecule has 2 rings (SSSR count). The van der Waals surface area contributed by atoms with Gasteiger partial charge in [-0.2, -0.15) is 0 Å². The first kappa shape index (κ1) is 14.7. The molecule has 0 radical (unpaired) electrons. The van der Waals surface area contributed by atoms with E-state index in [1.54, 1.807) is 24.5 Å². The summed E-state index contributed by atoms with van der Waals surface area (Å²) in [5, 5.41) is 3.13. The van der Waals surface area contributed by atoms with Crippen molar-refractivity contribution in [1.82, 2.24) is 4.98 Å². The van der Waals surface area contributed by atoms with E-state index >= 15 is 0 Å². The molecular weight excluding hydrogens is 238 g/mol. The molecule has 0 fully saturated rings. The second-order valence-corrected chi connectivity index (χ2v) is 3.79. The molecule has 0 aliphatic heterocycles. The van der Waals surface area contributed by atoms with Crippen LogP contribution in [-0.4, -0.2) is 10.9 Å². The monoisotopic (exact) mass is 257 g/mol. The highest BCUT2D eigenvalue weighted by atomic mass is 16.1. The number of carbonyl (C=O) groups excluding carboxylic acids is 1. The molecular formula is C15H19N3O. The second-order valence-electron chi connectivity index (χ2n) is 3.79. The van der Waals surface area contributed by atoms with E-state index < -0.39 is 5.91 Å². The Labute approximate surface area is 113 Å². The molecule has 1 heterocycles. The largest absolute Gasteiger partial charge is 0.366 e. The SMILES string of the molecule is CC.Cc1cncc(Nc2ccccc2C(N)=O)c1. The summed E-state index contributed by atoms with van der Waals surface area (Å²) in [7, 11) is 0. The first-order valence-corrected chi connectivity index (χ1v) is 6.24. The van der Waals surface area contributed by atoms with E-state index in [1.165, 1.54) is 0 Å². The summed E-state index contributed by atoms with van der Waals surface area (Å²) in [6, 6.07) is 9.07.